The molecule has 1 saturated heterocycles. The van der Waals surface area contributed by atoms with Crippen molar-refractivity contribution in [2.75, 3.05) is 6.61 Å². The maximum absolute atomic E-state index is 9.71. The van der Waals surface area contributed by atoms with E-state index >= 15 is 0 Å². The number of fused-ring (bicyclic) bond motifs is 1. The number of ether oxygens (including phenoxy) is 1. The van der Waals surface area contributed by atoms with Crippen molar-refractivity contribution in [3.8, 4) is 0 Å². The molecule has 3 heterocycles. The number of imidazole rings is 1. The zero-order chi connectivity index (χ0) is 13.6. The zero-order valence-corrected chi connectivity index (χ0v) is 9.84. The van der Waals surface area contributed by atoms with Gasteiger partial charge in [-0.25, -0.2) is 9.97 Å². The number of aliphatic hydroxyl groups excluding tert-OH is 2. The lowest BCUT2D eigenvalue weighted by Gasteiger charge is -2.13. The van der Waals surface area contributed by atoms with Gasteiger partial charge in [-0.05, 0) is 0 Å². The summed E-state index contributed by atoms with van der Waals surface area (Å²) < 4.78 is 7.64. The number of aliphatic hydroxyl groups is 2. The van der Waals surface area contributed by atoms with Crippen LogP contribution < -0.4 is 5.49 Å². The minimum Gasteiger partial charge on any atom is -0.425 e. The van der Waals surface area contributed by atoms with Crippen molar-refractivity contribution < 1.29 is 20.2 Å². The van der Waals surface area contributed by atoms with E-state index in [-0.39, 0.29) is 17.6 Å². The molecule has 2 aromatic heterocycles. The van der Waals surface area contributed by atoms with Gasteiger partial charge in [0, 0.05) is 6.42 Å². The maximum Gasteiger partial charge on any atom is 0.192 e. The van der Waals surface area contributed by atoms with E-state index in [0.717, 1.165) is 6.33 Å². The molecule has 3 atom stereocenters. The van der Waals surface area contributed by atoms with Crippen LogP contribution in [0.3, 0.4) is 0 Å². The maximum atomic E-state index is 9.71. The topological polar surface area (TPSA) is 129 Å². The van der Waals surface area contributed by atoms with E-state index in [9.17, 15) is 10.3 Å². The second-order valence-corrected chi connectivity index (χ2v) is 4.38. The quantitative estimate of drug-likeness (QED) is 0.391. The van der Waals surface area contributed by atoms with Crippen LogP contribution in [0.2, 0.25) is 0 Å². The fourth-order valence-electron chi connectivity index (χ4n) is 2.19. The summed E-state index contributed by atoms with van der Waals surface area (Å²) in [6.45, 7) is -0.266. The highest BCUT2D eigenvalue weighted by molar-refractivity contribution is 5.68. The van der Waals surface area contributed by atoms with Crippen molar-refractivity contribution in [2.45, 2.75) is 24.9 Å². The SMILES string of the molecule is [15NH]=c1c2[15n]cn([C@H]3C[C@H](O)[C@@H](CO)O3)c2ncn1O. The second-order valence-electron chi connectivity index (χ2n) is 4.38. The fraction of sp³-hybridized carbons (Fsp3) is 0.500. The van der Waals surface area contributed by atoms with Gasteiger partial charge in [-0.15, -0.1) is 0 Å². The number of aromatic nitrogens is 4. The first-order valence-electron chi connectivity index (χ1n) is 5.74. The van der Waals surface area contributed by atoms with E-state index in [2.05, 4.69) is 9.97 Å². The van der Waals surface area contributed by atoms with Crippen molar-refractivity contribution in [1.82, 2.24) is 19.3 Å². The molecule has 0 aromatic carbocycles. The van der Waals surface area contributed by atoms with Gasteiger partial charge in [0.1, 0.15) is 18.7 Å². The average Bonchev–Trinajstić information content (AvgIpc) is 2.97. The number of hydrogen-bond donors (Lipinski definition) is 4. The van der Waals surface area contributed by atoms with Gasteiger partial charge in [0.2, 0.25) is 0 Å². The van der Waals surface area contributed by atoms with Crippen LogP contribution in [0.25, 0.3) is 11.2 Å². The predicted molar refractivity (Wildman–Crippen MR) is 60.2 cm³/mol. The van der Waals surface area contributed by atoms with Crippen LogP contribution in [0.15, 0.2) is 12.7 Å². The van der Waals surface area contributed by atoms with Gasteiger partial charge >= 0.3 is 0 Å². The molecule has 3 rings (SSSR count). The first-order chi connectivity index (χ1) is 9.11. The highest BCUT2D eigenvalue weighted by Gasteiger charge is 2.35. The lowest BCUT2D eigenvalue weighted by atomic mass is 10.2. The summed E-state index contributed by atoms with van der Waals surface area (Å²) in [7, 11) is 0. The van der Waals surface area contributed by atoms with E-state index < -0.39 is 18.4 Å². The van der Waals surface area contributed by atoms with E-state index in [1.54, 1.807) is 4.57 Å². The predicted octanol–water partition coefficient (Wildman–Crippen LogP) is -1.41. The Morgan fingerprint density at radius 2 is 2.21 bits per heavy atom. The van der Waals surface area contributed by atoms with E-state index in [0.29, 0.717) is 16.8 Å². The Morgan fingerprint density at radius 1 is 1.42 bits per heavy atom. The minimum atomic E-state index is -0.755. The summed E-state index contributed by atoms with van der Waals surface area (Å²) >= 11 is 0. The summed E-state index contributed by atoms with van der Waals surface area (Å²) in [4.78, 5) is 8.00. The monoisotopic (exact) mass is 269 g/mol. The van der Waals surface area contributed by atoms with Gasteiger partial charge in [-0.1, -0.05) is 0 Å². The van der Waals surface area contributed by atoms with Gasteiger partial charge in [-0.2, -0.15) is 4.73 Å². The second kappa shape index (κ2) is 4.30. The largest absolute Gasteiger partial charge is 0.425 e. The van der Waals surface area contributed by atoms with Crippen molar-refractivity contribution >= 4 is 11.2 Å². The van der Waals surface area contributed by atoms with Crippen LogP contribution in [0, 0.1) is 5.41 Å². The molecule has 0 bridgehead atoms. The summed E-state index contributed by atoms with van der Waals surface area (Å²) in [6, 6.07) is 0. The molecular formula is C10H13N5O4. The molecule has 102 valence electrons. The van der Waals surface area contributed by atoms with Gasteiger partial charge < -0.3 is 20.2 Å². The molecule has 1 fully saturated rings. The number of nitrogens with one attached hydrogen (secondary N) is 1. The molecule has 1 aliphatic heterocycles. The van der Waals surface area contributed by atoms with Crippen molar-refractivity contribution in [1.29, 1.82) is 5.41 Å². The summed E-state index contributed by atoms with van der Waals surface area (Å²) in [5.74, 6) is 0. The molecule has 9 nitrogen and oxygen atoms in total. The molecule has 0 unspecified atom stereocenters. The standard InChI is InChI=1S/C10H13N5O4/c11-9-8-10(13-4-15(9)18)14(3-12-8)7-1-5(17)6(2-16)19-7/h3-7,11,16-18H,1-2H2/t5-,6+,7+/m0/s1/i11+1,12+1. The van der Waals surface area contributed by atoms with Crippen LogP contribution in [-0.4, -0.2) is 53.5 Å². The van der Waals surface area contributed by atoms with Gasteiger partial charge in [0.25, 0.3) is 0 Å². The molecule has 0 radical (unpaired) electrons. The highest BCUT2D eigenvalue weighted by atomic mass is 16.5. The number of rotatable bonds is 2. The molecule has 1 aliphatic rings. The van der Waals surface area contributed by atoms with Crippen LogP contribution in [0.4, 0.5) is 0 Å². The number of hydrogen-bond acceptors (Lipinski definition) is 7. The Kier molecular flexibility index (Phi) is 2.73. The molecular weight excluding hydrogens is 256 g/mol. The van der Waals surface area contributed by atoms with Crippen molar-refractivity contribution in [3.63, 3.8) is 0 Å². The molecule has 9 heteroatoms. The Labute approximate surface area is 106 Å². The van der Waals surface area contributed by atoms with Gasteiger partial charge in [-0.3, -0.25) is 9.98 Å². The first-order valence-corrected chi connectivity index (χ1v) is 5.74. The molecule has 2 aromatic rings. The Morgan fingerprint density at radius 3 is 2.89 bits per heavy atom. The molecule has 0 spiro atoms. The van der Waals surface area contributed by atoms with Crippen LogP contribution in [-0.2, 0) is 4.74 Å². The average molecular weight is 269 g/mol. The van der Waals surface area contributed by atoms with E-state index in [1.165, 1.54) is 6.33 Å². The summed E-state index contributed by atoms with van der Waals surface area (Å²) in [6.07, 6.45) is 0.946. The third-order valence-corrected chi connectivity index (χ3v) is 3.20. The third kappa shape index (κ3) is 1.79. The smallest absolute Gasteiger partial charge is 0.192 e. The Balaban J connectivity index is 2.03. The third-order valence-electron chi connectivity index (χ3n) is 3.20. The number of nitrogens with zero attached hydrogens (tertiary/aromatic N) is 4. The summed E-state index contributed by atoms with van der Waals surface area (Å²) in [5, 5.41) is 35.7. The van der Waals surface area contributed by atoms with Crippen molar-refractivity contribution in [2.24, 2.45) is 0 Å². The molecule has 19 heavy (non-hydrogen) atoms. The summed E-state index contributed by atoms with van der Waals surface area (Å²) in [5.41, 5.74) is 0.433. The lowest BCUT2D eigenvalue weighted by molar-refractivity contribution is -0.0432. The van der Waals surface area contributed by atoms with Crippen molar-refractivity contribution in [3.05, 3.63) is 18.1 Å². The molecule has 4 N–H and O–H groups in total. The zero-order valence-electron chi connectivity index (χ0n) is 9.84. The minimum absolute atomic E-state index is 0.180. The van der Waals surface area contributed by atoms with Gasteiger partial charge in [0.05, 0.1) is 19.0 Å². The highest BCUT2D eigenvalue weighted by Crippen LogP contribution is 2.29. The van der Waals surface area contributed by atoms with Crippen LogP contribution >= 0.6 is 0 Å². The Hall–Kier alpha value is -1.97. The van der Waals surface area contributed by atoms with E-state index in [4.69, 9.17) is 15.3 Å². The molecule has 0 amide bonds. The molecule has 0 saturated carbocycles. The van der Waals surface area contributed by atoms with Gasteiger partial charge in [0.15, 0.2) is 16.7 Å². The molecule has 0 aliphatic carbocycles. The Bertz CT molecular complexity index is 665. The van der Waals surface area contributed by atoms with Crippen LogP contribution in [0.5, 0.6) is 0 Å². The van der Waals surface area contributed by atoms with Crippen LogP contribution in [0.1, 0.15) is 12.6 Å². The fourth-order valence-corrected chi connectivity index (χ4v) is 2.19. The first kappa shape index (κ1) is 12.1. The lowest BCUT2D eigenvalue weighted by Crippen LogP contribution is -2.24. The normalized spacial score (nSPS) is 27.2. The van der Waals surface area contributed by atoms with E-state index in [1.807, 2.05) is 0 Å².